The zero-order chi connectivity index (χ0) is 15.2. The van der Waals surface area contributed by atoms with Crippen molar-refractivity contribution in [3.05, 3.63) is 35.3 Å². The van der Waals surface area contributed by atoms with Crippen LogP contribution in [0, 0.1) is 0 Å². The Hall–Kier alpha value is -0.880. The zero-order valence-corrected chi connectivity index (χ0v) is 12.3. The summed E-state index contributed by atoms with van der Waals surface area (Å²) in [5.74, 6) is 0. The zero-order valence-electron chi connectivity index (χ0n) is 11.5. The van der Waals surface area contributed by atoms with Crippen LogP contribution in [-0.4, -0.2) is 16.4 Å². The van der Waals surface area contributed by atoms with Crippen LogP contribution in [0.3, 0.4) is 0 Å². The minimum Gasteiger partial charge on any atom is -0.237 e. The predicted octanol–water partition coefficient (Wildman–Crippen LogP) is 4.15. The summed E-state index contributed by atoms with van der Waals surface area (Å²) in [5, 5.41) is 0. The number of allylic oxidation sites excluding steroid dienone is 4. The lowest BCUT2D eigenvalue weighted by Crippen LogP contribution is -2.32. The van der Waals surface area contributed by atoms with Gasteiger partial charge in [-0.05, 0) is 25.8 Å². The van der Waals surface area contributed by atoms with Gasteiger partial charge in [-0.2, -0.15) is 13.2 Å². The summed E-state index contributed by atoms with van der Waals surface area (Å²) in [4.78, 5) is 0.263. The van der Waals surface area contributed by atoms with E-state index in [0.29, 0.717) is 0 Å². The molecular formula is C14H20F3NOS. The molecule has 20 heavy (non-hydrogen) atoms. The molecule has 0 heterocycles. The van der Waals surface area contributed by atoms with E-state index in [9.17, 15) is 17.4 Å². The maximum Gasteiger partial charge on any atom is 0.412 e. The molecule has 0 amide bonds. The lowest BCUT2D eigenvalue weighted by Gasteiger charge is -2.22. The van der Waals surface area contributed by atoms with E-state index in [4.69, 9.17) is 0 Å². The topological polar surface area (TPSA) is 29.1 Å². The van der Waals surface area contributed by atoms with Crippen molar-refractivity contribution in [3.63, 3.8) is 0 Å². The highest BCUT2D eigenvalue weighted by Crippen LogP contribution is 2.25. The van der Waals surface area contributed by atoms with Crippen LogP contribution >= 0.6 is 0 Å². The highest BCUT2D eigenvalue weighted by molar-refractivity contribution is 7.87. The van der Waals surface area contributed by atoms with Crippen LogP contribution in [0.2, 0.25) is 0 Å². The Kier molecular flexibility index (Phi) is 6.68. The largest absolute Gasteiger partial charge is 0.412 e. The SMILES string of the molecule is C=C/C(=C\C=C(/C)C(F)(F)F)S(=O)NC1CCCCC1. The molecule has 1 atom stereocenters. The Bertz CT molecular complexity index is 421. The molecule has 0 aromatic heterocycles. The molecule has 1 aliphatic rings. The van der Waals surface area contributed by atoms with Crippen LogP contribution < -0.4 is 4.72 Å². The normalized spacial score (nSPS) is 20.8. The molecular weight excluding hydrogens is 287 g/mol. The molecule has 1 unspecified atom stereocenters. The molecule has 1 fully saturated rings. The molecule has 1 N–H and O–H groups in total. The Labute approximate surface area is 120 Å². The third kappa shape index (κ3) is 5.63. The van der Waals surface area contributed by atoms with Crippen molar-refractivity contribution in [1.82, 2.24) is 4.72 Å². The van der Waals surface area contributed by atoms with Crippen molar-refractivity contribution in [3.8, 4) is 0 Å². The molecule has 114 valence electrons. The summed E-state index contributed by atoms with van der Waals surface area (Å²) in [6.07, 6.45) is 4.38. The van der Waals surface area contributed by atoms with Gasteiger partial charge < -0.3 is 0 Å². The first-order valence-electron chi connectivity index (χ1n) is 6.60. The highest BCUT2D eigenvalue weighted by atomic mass is 32.2. The van der Waals surface area contributed by atoms with Crippen LogP contribution in [0.15, 0.2) is 35.3 Å². The fourth-order valence-electron chi connectivity index (χ4n) is 1.95. The van der Waals surface area contributed by atoms with Crippen molar-refractivity contribution < 1.29 is 17.4 Å². The first-order chi connectivity index (χ1) is 9.34. The van der Waals surface area contributed by atoms with E-state index in [2.05, 4.69) is 11.3 Å². The monoisotopic (exact) mass is 307 g/mol. The summed E-state index contributed by atoms with van der Waals surface area (Å²) < 4.78 is 52.1. The highest BCUT2D eigenvalue weighted by Gasteiger charge is 2.29. The fourth-order valence-corrected chi connectivity index (χ4v) is 2.96. The van der Waals surface area contributed by atoms with Gasteiger partial charge in [0, 0.05) is 11.6 Å². The van der Waals surface area contributed by atoms with Gasteiger partial charge in [0.1, 0.15) is 11.0 Å². The summed E-state index contributed by atoms with van der Waals surface area (Å²) in [5.41, 5.74) is -0.730. The van der Waals surface area contributed by atoms with Crippen LogP contribution in [0.4, 0.5) is 13.2 Å². The summed E-state index contributed by atoms with van der Waals surface area (Å²) in [6.45, 7) is 4.48. The second-order valence-corrected chi connectivity index (χ2v) is 6.09. The average Bonchev–Trinajstić information content (AvgIpc) is 2.39. The van der Waals surface area contributed by atoms with Gasteiger partial charge in [0.05, 0.1) is 4.91 Å². The van der Waals surface area contributed by atoms with Gasteiger partial charge in [0.2, 0.25) is 0 Å². The number of rotatable bonds is 5. The second-order valence-electron chi connectivity index (χ2n) is 4.84. The Morgan fingerprint density at radius 3 is 2.35 bits per heavy atom. The van der Waals surface area contributed by atoms with Crippen LogP contribution in [0.1, 0.15) is 39.0 Å². The van der Waals surface area contributed by atoms with Gasteiger partial charge in [0.25, 0.3) is 0 Å². The molecule has 1 rings (SSSR count). The van der Waals surface area contributed by atoms with Gasteiger partial charge in [-0.1, -0.05) is 38.0 Å². The lowest BCUT2D eigenvalue weighted by molar-refractivity contribution is -0.0912. The number of halogens is 3. The van der Waals surface area contributed by atoms with Gasteiger partial charge >= 0.3 is 6.18 Å². The third-order valence-electron chi connectivity index (χ3n) is 3.24. The van der Waals surface area contributed by atoms with E-state index in [-0.39, 0.29) is 10.9 Å². The first-order valence-corrected chi connectivity index (χ1v) is 7.75. The summed E-state index contributed by atoms with van der Waals surface area (Å²) >= 11 is 0. The number of hydrogen-bond acceptors (Lipinski definition) is 1. The molecule has 1 aliphatic carbocycles. The van der Waals surface area contributed by atoms with Crippen LogP contribution in [0.25, 0.3) is 0 Å². The molecule has 0 radical (unpaired) electrons. The third-order valence-corrected chi connectivity index (χ3v) is 4.52. The van der Waals surface area contributed by atoms with E-state index in [1.807, 2.05) is 0 Å². The smallest absolute Gasteiger partial charge is 0.237 e. The van der Waals surface area contributed by atoms with Gasteiger partial charge in [0.15, 0.2) is 0 Å². The number of alkyl halides is 3. The van der Waals surface area contributed by atoms with Crippen molar-refractivity contribution in [2.75, 3.05) is 0 Å². The fraction of sp³-hybridized carbons (Fsp3) is 0.571. The molecule has 0 saturated heterocycles. The average molecular weight is 307 g/mol. The quantitative estimate of drug-likeness (QED) is 0.760. The van der Waals surface area contributed by atoms with E-state index in [0.717, 1.165) is 38.7 Å². The Morgan fingerprint density at radius 1 is 1.25 bits per heavy atom. The van der Waals surface area contributed by atoms with Gasteiger partial charge in [-0.3, -0.25) is 0 Å². The maximum absolute atomic E-state index is 12.4. The molecule has 0 aromatic rings. The molecule has 1 saturated carbocycles. The van der Waals surface area contributed by atoms with E-state index < -0.39 is 22.7 Å². The summed E-state index contributed by atoms with van der Waals surface area (Å²) in [6, 6.07) is 0.167. The molecule has 0 aromatic carbocycles. The second kappa shape index (κ2) is 7.78. The molecule has 0 aliphatic heterocycles. The van der Waals surface area contributed by atoms with E-state index in [1.54, 1.807) is 0 Å². The van der Waals surface area contributed by atoms with E-state index in [1.165, 1.54) is 18.6 Å². The van der Waals surface area contributed by atoms with Gasteiger partial charge in [-0.15, -0.1) is 0 Å². The van der Waals surface area contributed by atoms with Gasteiger partial charge in [-0.25, -0.2) is 8.93 Å². The predicted molar refractivity (Wildman–Crippen MR) is 76.2 cm³/mol. The van der Waals surface area contributed by atoms with Crippen molar-refractivity contribution in [1.29, 1.82) is 0 Å². The molecule has 6 heteroatoms. The first kappa shape index (κ1) is 17.2. The Balaban J connectivity index is 2.69. The van der Waals surface area contributed by atoms with E-state index >= 15 is 0 Å². The van der Waals surface area contributed by atoms with Crippen LogP contribution in [0.5, 0.6) is 0 Å². The molecule has 2 nitrogen and oxygen atoms in total. The maximum atomic E-state index is 12.4. The lowest BCUT2D eigenvalue weighted by atomic mass is 9.96. The number of hydrogen-bond donors (Lipinski definition) is 1. The van der Waals surface area contributed by atoms with Crippen molar-refractivity contribution in [2.24, 2.45) is 0 Å². The summed E-state index contributed by atoms with van der Waals surface area (Å²) in [7, 11) is -1.52. The minimum absolute atomic E-state index is 0.167. The van der Waals surface area contributed by atoms with Crippen molar-refractivity contribution >= 4 is 11.0 Å². The van der Waals surface area contributed by atoms with Crippen molar-refractivity contribution in [2.45, 2.75) is 51.2 Å². The molecule has 0 spiro atoms. The Morgan fingerprint density at radius 2 is 1.85 bits per heavy atom. The standard InChI is InChI=1S/C14H20F3NOS/c1-3-13(10-9-11(2)14(15,16)17)20(19)18-12-7-5-4-6-8-12/h3,9-10,12,18H,1,4-8H2,2H3/b11-9+,13-10+. The van der Waals surface area contributed by atoms with Crippen LogP contribution in [-0.2, 0) is 11.0 Å². The minimum atomic E-state index is -4.36. The molecule has 0 bridgehead atoms. The number of nitrogens with one attached hydrogen (secondary N) is 1.